The van der Waals surface area contributed by atoms with Gasteiger partial charge in [0.05, 0.1) is 0 Å². The van der Waals surface area contributed by atoms with Crippen LogP contribution in [0.3, 0.4) is 0 Å². The van der Waals surface area contributed by atoms with Gasteiger partial charge in [-0.25, -0.2) is 5.01 Å². The van der Waals surface area contributed by atoms with E-state index in [0.717, 1.165) is 17.0 Å². The van der Waals surface area contributed by atoms with Crippen molar-refractivity contribution < 1.29 is 0 Å². The van der Waals surface area contributed by atoms with Crippen molar-refractivity contribution in [1.29, 1.82) is 0 Å². The third kappa shape index (κ3) is 5.95. The van der Waals surface area contributed by atoms with Crippen LogP contribution in [0.4, 0.5) is 0 Å². The van der Waals surface area contributed by atoms with Crippen molar-refractivity contribution in [2.75, 3.05) is 19.8 Å². The summed E-state index contributed by atoms with van der Waals surface area (Å²) in [5, 5.41) is 5.72. The van der Waals surface area contributed by atoms with Crippen LogP contribution in [0, 0.1) is 0 Å². The molecule has 3 aliphatic rings. The first-order chi connectivity index (χ1) is 16.8. The molecule has 0 unspecified atom stereocenters. The molecule has 34 heavy (non-hydrogen) atoms. The van der Waals surface area contributed by atoms with Gasteiger partial charge >= 0.3 is 0 Å². The quantitative estimate of drug-likeness (QED) is 0.404. The van der Waals surface area contributed by atoms with E-state index < -0.39 is 0 Å². The maximum atomic E-state index is 3.67. The zero-order valence-corrected chi connectivity index (χ0v) is 22.9. The summed E-state index contributed by atoms with van der Waals surface area (Å²) < 4.78 is 0. The fourth-order valence-electron chi connectivity index (χ4n) is 6.99. The Kier molecular flexibility index (Phi) is 9.12. The molecule has 2 nitrogen and oxygen atoms in total. The monoisotopic (exact) mass is 494 g/mol. The highest BCUT2D eigenvalue weighted by atomic mass is 31.1. The first-order valence-corrected chi connectivity index (χ1v) is 17.0. The van der Waals surface area contributed by atoms with Gasteiger partial charge in [-0.2, -0.15) is 0 Å². The number of benzene rings is 2. The number of hydrogen-bond donors (Lipinski definition) is 1. The van der Waals surface area contributed by atoms with Crippen molar-refractivity contribution in [3.63, 3.8) is 0 Å². The largest absolute Gasteiger partial charge is 0.258 e. The van der Waals surface area contributed by atoms with E-state index in [-0.39, 0.29) is 15.8 Å². The van der Waals surface area contributed by atoms with Gasteiger partial charge < -0.3 is 0 Å². The molecule has 2 atom stereocenters. The van der Waals surface area contributed by atoms with Gasteiger partial charge in [0.25, 0.3) is 0 Å². The predicted octanol–water partition coefficient (Wildman–Crippen LogP) is 6.84. The maximum Gasteiger partial charge on any atom is 0.0295 e. The highest BCUT2D eigenvalue weighted by Gasteiger charge is 2.43. The average Bonchev–Trinajstić information content (AvgIpc) is 3.32. The molecule has 5 rings (SSSR count). The van der Waals surface area contributed by atoms with E-state index in [9.17, 15) is 0 Å². The van der Waals surface area contributed by atoms with Gasteiger partial charge in [0.1, 0.15) is 0 Å². The molecule has 3 fully saturated rings. The predicted molar refractivity (Wildman–Crippen MR) is 153 cm³/mol. The molecule has 0 radical (unpaired) electrons. The standard InChI is InChI=1S/C30H44N2P2/c1-31-32-23-30(34(28-18-10-4-11-19-28)29-20-12-5-13-21-29)22-25(32)24-33(26-14-6-2-7-15-26)27-16-8-3-9-17-27/h2-3,6-9,14-17,25,28-31H,4-5,10-13,18-24H2,1H3/t25-,30-/m1/s1. The summed E-state index contributed by atoms with van der Waals surface area (Å²) >= 11 is 0. The molecule has 0 bridgehead atoms. The van der Waals surface area contributed by atoms with E-state index in [0.29, 0.717) is 6.04 Å². The van der Waals surface area contributed by atoms with E-state index in [1.165, 1.54) is 93.9 Å². The highest BCUT2D eigenvalue weighted by Crippen LogP contribution is 2.61. The number of rotatable bonds is 8. The lowest BCUT2D eigenvalue weighted by Crippen LogP contribution is -2.42. The van der Waals surface area contributed by atoms with Gasteiger partial charge in [0.15, 0.2) is 0 Å². The molecule has 2 aromatic carbocycles. The van der Waals surface area contributed by atoms with Crippen LogP contribution in [0.2, 0.25) is 0 Å². The van der Waals surface area contributed by atoms with Gasteiger partial charge in [0, 0.05) is 12.6 Å². The zero-order chi connectivity index (χ0) is 23.2. The van der Waals surface area contributed by atoms with Crippen LogP contribution in [-0.4, -0.2) is 47.8 Å². The molecule has 0 spiro atoms. The van der Waals surface area contributed by atoms with E-state index >= 15 is 0 Å². The normalized spacial score (nSPS) is 25.4. The molecule has 2 saturated carbocycles. The van der Waals surface area contributed by atoms with E-state index in [1.807, 2.05) is 0 Å². The van der Waals surface area contributed by atoms with Crippen LogP contribution < -0.4 is 16.0 Å². The van der Waals surface area contributed by atoms with Gasteiger partial charge in [-0.1, -0.05) is 107 Å². The van der Waals surface area contributed by atoms with Crippen LogP contribution in [0.25, 0.3) is 0 Å². The summed E-state index contributed by atoms with van der Waals surface area (Å²) in [6.07, 6.45) is 17.8. The lowest BCUT2D eigenvalue weighted by Gasteiger charge is -2.42. The molecule has 1 aliphatic heterocycles. The molecule has 4 heteroatoms. The second kappa shape index (κ2) is 12.5. The van der Waals surface area contributed by atoms with E-state index in [4.69, 9.17) is 0 Å². The van der Waals surface area contributed by atoms with Crippen molar-refractivity contribution in [3.8, 4) is 0 Å². The first kappa shape index (κ1) is 24.9. The van der Waals surface area contributed by atoms with Gasteiger partial charge in [-0.05, 0) is 80.8 Å². The van der Waals surface area contributed by atoms with Crippen molar-refractivity contribution in [2.24, 2.45) is 0 Å². The second-order valence-electron chi connectivity index (χ2n) is 10.7. The van der Waals surface area contributed by atoms with E-state index in [1.54, 1.807) is 0 Å². The Balaban J connectivity index is 1.37. The summed E-state index contributed by atoms with van der Waals surface area (Å²) in [6.45, 7) is 1.28. The molecule has 0 aromatic heterocycles. The molecule has 1 N–H and O–H groups in total. The summed E-state index contributed by atoms with van der Waals surface area (Å²) in [5.41, 5.74) is 6.71. The molecule has 0 amide bonds. The lowest BCUT2D eigenvalue weighted by molar-refractivity contribution is 0.204. The maximum absolute atomic E-state index is 3.67. The number of nitrogens with zero attached hydrogens (tertiary/aromatic N) is 1. The molecule has 1 heterocycles. The molecule has 2 aliphatic carbocycles. The number of nitrogens with one attached hydrogen (secondary N) is 1. The fraction of sp³-hybridized carbons (Fsp3) is 0.600. The van der Waals surface area contributed by atoms with Crippen LogP contribution in [0.1, 0.15) is 70.6 Å². The summed E-state index contributed by atoms with van der Waals surface area (Å²) in [4.78, 5) is 0. The molecule has 184 valence electrons. The van der Waals surface area contributed by atoms with Gasteiger partial charge in [-0.15, -0.1) is 0 Å². The van der Waals surface area contributed by atoms with Crippen molar-refractivity contribution >= 4 is 26.5 Å². The SMILES string of the molecule is CNN1C[C@H](P(C2CCCCC2)C2CCCCC2)C[C@@H]1CP(c1ccccc1)c1ccccc1. The molecular formula is C30H44N2P2. The third-order valence-electron chi connectivity index (χ3n) is 8.62. The van der Waals surface area contributed by atoms with E-state index in [2.05, 4.69) is 78.1 Å². The second-order valence-corrected chi connectivity index (χ2v) is 16.1. The molecule has 2 aromatic rings. The van der Waals surface area contributed by atoms with Gasteiger partial charge in [0.2, 0.25) is 0 Å². The van der Waals surface area contributed by atoms with Crippen molar-refractivity contribution in [1.82, 2.24) is 10.4 Å². The van der Waals surface area contributed by atoms with Crippen molar-refractivity contribution in [3.05, 3.63) is 60.7 Å². The Hall–Kier alpha value is -0.780. The fourth-order valence-corrected chi connectivity index (χ4v) is 14.1. The zero-order valence-electron chi connectivity index (χ0n) is 21.1. The first-order valence-electron chi connectivity index (χ1n) is 13.9. The minimum Gasteiger partial charge on any atom is -0.258 e. The average molecular weight is 495 g/mol. The smallest absolute Gasteiger partial charge is 0.0295 e. The summed E-state index contributed by atoms with van der Waals surface area (Å²) in [7, 11) is 1.97. The number of hydrogen-bond acceptors (Lipinski definition) is 2. The topological polar surface area (TPSA) is 15.3 Å². The minimum atomic E-state index is -0.336. The number of hydrazine groups is 1. The third-order valence-corrected chi connectivity index (χ3v) is 15.2. The minimum absolute atomic E-state index is 0.135. The molecular weight excluding hydrogens is 450 g/mol. The van der Waals surface area contributed by atoms with Crippen LogP contribution in [-0.2, 0) is 0 Å². The summed E-state index contributed by atoms with van der Waals surface area (Å²) in [6, 6.07) is 23.4. The summed E-state index contributed by atoms with van der Waals surface area (Å²) in [5.74, 6) is 0. The Morgan fingerprint density at radius 1 is 0.706 bits per heavy atom. The van der Waals surface area contributed by atoms with Crippen LogP contribution in [0.5, 0.6) is 0 Å². The molecule has 1 saturated heterocycles. The Labute approximate surface area is 210 Å². The Morgan fingerprint density at radius 2 is 1.21 bits per heavy atom. The van der Waals surface area contributed by atoms with Crippen LogP contribution in [0.15, 0.2) is 60.7 Å². The Morgan fingerprint density at radius 3 is 1.68 bits per heavy atom. The Bertz CT molecular complexity index is 791. The highest BCUT2D eigenvalue weighted by molar-refractivity contribution is 7.73. The van der Waals surface area contributed by atoms with Crippen LogP contribution >= 0.6 is 15.8 Å². The van der Waals surface area contributed by atoms with Crippen molar-refractivity contribution in [2.45, 2.75) is 93.6 Å². The van der Waals surface area contributed by atoms with Gasteiger partial charge in [-0.3, -0.25) is 5.43 Å². The lowest BCUT2D eigenvalue weighted by atomic mass is 9.99.